The zero-order valence-corrected chi connectivity index (χ0v) is 13.0. The molecule has 0 saturated carbocycles. The number of carbonyl (C=O) groups excluding carboxylic acids is 2. The first-order valence-corrected chi connectivity index (χ1v) is 7.11. The zero-order valence-electron chi connectivity index (χ0n) is 13.0. The van der Waals surface area contributed by atoms with Gasteiger partial charge in [0.05, 0.1) is 11.3 Å². The molecule has 0 aliphatic rings. The number of aromatic nitrogens is 3. The molecular formula is C16H14FN5O2. The van der Waals surface area contributed by atoms with E-state index < -0.39 is 17.6 Å². The Bertz CT molecular complexity index is 934. The lowest BCUT2D eigenvalue weighted by atomic mass is 10.2. The van der Waals surface area contributed by atoms with Crippen molar-refractivity contribution in [2.24, 2.45) is 7.05 Å². The minimum atomic E-state index is -0.546. The minimum Gasteiger partial charge on any atom is -0.267 e. The van der Waals surface area contributed by atoms with Gasteiger partial charge in [-0.25, -0.2) is 9.37 Å². The predicted molar refractivity (Wildman–Crippen MR) is 84.6 cm³/mol. The van der Waals surface area contributed by atoms with Crippen molar-refractivity contribution >= 4 is 22.8 Å². The van der Waals surface area contributed by atoms with Gasteiger partial charge in [-0.3, -0.25) is 25.1 Å². The molecule has 8 heteroatoms. The summed E-state index contributed by atoms with van der Waals surface area (Å²) in [6.07, 6.45) is 1.41. The second-order valence-electron chi connectivity index (χ2n) is 5.22. The van der Waals surface area contributed by atoms with Crippen molar-refractivity contribution in [2.45, 2.75) is 6.92 Å². The Morgan fingerprint density at radius 3 is 2.38 bits per heavy atom. The number of benzene rings is 1. The highest BCUT2D eigenvalue weighted by Gasteiger charge is 2.13. The van der Waals surface area contributed by atoms with Crippen LogP contribution < -0.4 is 10.9 Å². The fourth-order valence-corrected chi connectivity index (χ4v) is 2.29. The molecule has 2 heterocycles. The monoisotopic (exact) mass is 327 g/mol. The van der Waals surface area contributed by atoms with Crippen molar-refractivity contribution in [1.82, 2.24) is 25.6 Å². The highest BCUT2D eigenvalue weighted by Crippen LogP contribution is 2.16. The SMILES string of the molecule is Cc1nn(C)c2ncc(C(=O)NNC(=O)c3ccc(F)cc3)cc12. The Kier molecular flexibility index (Phi) is 3.95. The Morgan fingerprint density at radius 1 is 1.08 bits per heavy atom. The summed E-state index contributed by atoms with van der Waals surface area (Å²) in [5.41, 5.74) is 6.52. The molecule has 1 aromatic carbocycles. The molecule has 0 fully saturated rings. The normalized spacial score (nSPS) is 10.6. The molecule has 3 aromatic rings. The third-order valence-corrected chi connectivity index (χ3v) is 3.52. The average molecular weight is 327 g/mol. The summed E-state index contributed by atoms with van der Waals surface area (Å²) < 4.78 is 14.5. The number of nitrogens with zero attached hydrogens (tertiary/aromatic N) is 3. The van der Waals surface area contributed by atoms with Crippen molar-refractivity contribution in [1.29, 1.82) is 0 Å². The first-order chi connectivity index (χ1) is 11.5. The minimum absolute atomic E-state index is 0.230. The smallest absolute Gasteiger partial charge is 0.267 e. The van der Waals surface area contributed by atoms with E-state index in [-0.39, 0.29) is 11.1 Å². The van der Waals surface area contributed by atoms with E-state index in [0.29, 0.717) is 5.65 Å². The van der Waals surface area contributed by atoms with Crippen LogP contribution in [-0.2, 0) is 7.05 Å². The van der Waals surface area contributed by atoms with E-state index in [1.54, 1.807) is 17.8 Å². The van der Waals surface area contributed by atoms with Crippen molar-refractivity contribution in [3.63, 3.8) is 0 Å². The highest BCUT2D eigenvalue weighted by atomic mass is 19.1. The van der Waals surface area contributed by atoms with E-state index in [4.69, 9.17) is 0 Å². The lowest BCUT2D eigenvalue weighted by Crippen LogP contribution is -2.41. The molecule has 24 heavy (non-hydrogen) atoms. The van der Waals surface area contributed by atoms with Crippen molar-refractivity contribution in [2.75, 3.05) is 0 Å². The number of hydrazine groups is 1. The molecule has 0 atom stereocenters. The van der Waals surface area contributed by atoms with Crippen LogP contribution >= 0.6 is 0 Å². The van der Waals surface area contributed by atoms with Gasteiger partial charge in [-0.05, 0) is 37.3 Å². The van der Waals surface area contributed by atoms with Gasteiger partial charge >= 0.3 is 0 Å². The molecular weight excluding hydrogens is 313 g/mol. The number of rotatable bonds is 2. The van der Waals surface area contributed by atoms with Gasteiger partial charge < -0.3 is 0 Å². The standard InChI is InChI=1S/C16H14FN5O2/c1-9-13-7-11(8-18-14(13)22(2)21-9)16(24)20-19-15(23)10-3-5-12(17)6-4-10/h3-8H,1-2H3,(H,19,23)(H,20,24). The van der Waals surface area contributed by atoms with Crippen LogP contribution in [0.1, 0.15) is 26.4 Å². The Labute approximate surface area is 136 Å². The van der Waals surface area contributed by atoms with E-state index in [1.165, 1.54) is 30.5 Å². The van der Waals surface area contributed by atoms with Gasteiger partial charge in [-0.2, -0.15) is 5.10 Å². The van der Waals surface area contributed by atoms with Crippen LogP contribution in [0.25, 0.3) is 11.0 Å². The van der Waals surface area contributed by atoms with E-state index in [1.807, 2.05) is 6.92 Å². The van der Waals surface area contributed by atoms with Crippen LogP contribution in [0.5, 0.6) is 0 Å². The van der Waals surface area contributed by atoms with Crippen LogP contribution in [0.15, 0.2) is 36.5 Å². The van der Waals surface area contributed by atoms with E-state index in [2.05, 4.69) is 20.9 Å². The van der Waals surface area contributed by atoms with Gasteiger partial charge in [0.2, 0.25) is 0 Å². The summed E-state index contributed by atoms with van der Waals surface area (Å²) >= 11 is 0. The van der Waals surface area contributed by atoms with Gasteiger partial charge in [-0.15, -0.1) is 0 Å². The largest absolute Gasteiger partial charge is 0.271 e. The van der Waals surface area contributed by atoms with Gasteiger partial charge in [0.1, 0.15) is 5.82 Å². The topological polar surface area (TPSA) is 88.9 Å². The zero-order chi connectivity index (χ0) is 17.3. The van der Waals surface area contributed by atoms with Gasteiger partial charge in [0.25, 0.3) is 11.8 Å². The molecule has 0 aliphatic carbocycles. The predicted octanol–water partition coefficient (Wildman–Crippen LogP) is 1.49. The summed E-state index contributed by atoms with van der Waals surface area (Å²) in [5.74, 6) is -1.50. The van der Waals surface area contributed by atoms with E-state index in [9.17, 15) is 14.0 Å². The molecule has 0 saturated heterocycles. The maximum atomic E-state index is 12.8. The molecule has 0 unspecified atom stereocenters. The fraction of sp³-hybridized carbons (Fsp3) is 0.125. The van der Waals surface area contributed by atoms with Crippen LogP contribution in [0, 0.1) is 12.7 Å². The summed E-state index contributed by atoms with van der Waals surface area (Å²) in [7, 11) is 1.77. The average Bonchev–Trinajstić information content (AvgIpc) is 2.87. The number of fused-ring (bicyclic) bond motifs is 1. The Morgan fingerprint density at radius 2 is 1.71 bits per heavy atom. The molecule has 7 nitrogen and oxygen atoms in total. The maximum Gasteiger partial charge on any atom is 0.271 e. The number of hydrogen-bond donors (Lipinski definition) is 2. The third-order valence-electron chi connectivity index (χ3n) is 3.52. The molecule has 2 amide bonds. The van der Waals surface area contributed by atoms with Crippen LogP contribution in [0.4, 0.5) is 4.39 Å². The van der Waals surface area contributed by atoms with Crippen LogP contribution in [0.2, 0.25) is 0 Å². The van der Waals surface area contributed by atoms with Gasteiger partial charge in [0.15, 0.2) is 5.65 Å². The van der Waals surface area contributed by atoms with Crippen LogP contribution in [-0.4, -0.2) is 26.6 Å². The van der Waals surface area contributed by atoms with Crippen molar-refractivity contribution in [3.8, 4) is 0 Å². The summed E-state index contributed by atoms with van der Waals surface area (Å²) in [4.78, 5) is 28.2. The number of amides is 2. The quantitative estimate of drug-likeness (QED) is 0.698. The number of nitrogens with one attached hydrogen (secondary N) is 2. The highest BCUT2D eigenvalue weighted by molar-refractivity contribution is 6.00. The van der Waals surface area contributed by atoms with E-state index >= 15 is 0 Å². The van der Waals surface area contributed by atoms with E-state index in [0.717, 1.165) is 11.1 Å². The van der Waals surface area contributed by atoms with Crippen molar-refractivity contribution in [3.05, 3.63) is 59.2 Å². The molecule has 0 bridgehead atoms. The number of pyridine rings is 1. The number of carbonyl (C=O) groups is 2. The van der Waals surface area contributed by atoms with Crippen LogP contribution in [0.3, 0.4) is 0 Å². The fourth-order valence-electron chi connectivity index (χ4n) is 2.29. The molecule has 0 radical (unpaired) electrons. The molecule has 0 aliphatic heterocycles. The number of aryl methyl sites for hydroxylation is 2. The molecule has 0 spiro atoms. The third kappa shape index (κ3) is 2.94. The number of halogens is 1. The summed E-state index contributed by atoms with van der Waals surface area (Å²) in [5, 5.41) is 4.99. The first-order valence-electron chi connectivity index (χ1n) is 7.11. The summed E-state index contributed by atoms with van der Waals surface area (Å²) in [6.45, 7) is 1.82. The Balaban J connectivity index is 1.72. The van der Waals surface area contributed by atoms with Crippen molar-refractivity contribution < 1.29 is 14.0 Å². The lowest BCUT2D eigenvalue weighted by molar-refractivity contribution is 0.0846. The second-order valence-corrected chi connectivity index (χ2v) is 5.22. The molecule has 3 rings (SSSR count). The summed E-state index contributed by atoms with van der Waals surface area (Å²) in [6, 6.07) is 6.64. The molecule has 122 valence electrons. The maximum absolute atomic E-state index is 12.8. The number of hydrogen-bond acceptors (Lipinski definition) is 4. The first kappa shape index (κ1) is 15.6. The van der Waals surface area contributed by atoms with Gasteiger partial charge in [0, 0.05) is 24.2 Å². The molecule has 2 aromatic heterocycles. The van der Waals surface area contributed by atoms with Gasteiger partial charge in [-0.1, -0.05) is 0 Å². The molecule has 2 N–H and O–H groups in total. The second kappa shape index (κ2) is 6.07. The Hall–Kier alpha value is -3.29. The lowest BCUT2D eigenvalue weighted by Gasteiger charge is -2.07.